The minimum absolute atomic E-state index is 0.0356. The molecule has 0 aromatic heterocycles. The molecule has 0 radical (unpaired) electrons. The second kappa shape index (κ2) is 12.4. The number of carbonyl (C=O) groups is 1. The van der Waals surface area contributed by atoms with Crippen LogP contribution in [0.3, 0.4) is 0 Å². The maximum Gasteiger partial charge on any atom is 0.407 e. The fraction of sp³-hybridized carbons (Fsp3) is 0.581. The number of hydrogen-bond donors (Lipinski definition) is 1. The predicted molar refractivity (Wildman–Crippen MR) is 155 cm³/mol. The van der Waals surface area contributed by atoms with Crippen molar-refractivity contribution in [2.75, 3.05) is 6.61 Å². The third-order valence-electron chi connectivity index (χ3n) is 7.65. The maximum atomic E-state index is 14.4. The lowest BCUT2D eigenvalue weighted by atomic mass is 9.96. The molecule has 0 saturated carbocycles. The summed E-state index contributed by atoms with van der Waals surface area (Å²) in [5.41, 5.74) is 1.25. The molecule has 1 N–H and O–H groups in total. The number of hydrogen-bond acceptors (Lipinski definition) is 10. The summed E-state index contributed by atoms with van der Waals surface area (Å²) in [4.78, 5) is 13.0. The van der Waals surface area contributed by atoms with Gasteiger partial charge in [0.15, 0.2) is 17.9 Å². The molecular weight excluding hydrogens is 578 g/mol. The van der Waals surface area contributed by atoms with Gasteiger partial charge in [-0.15, -0.1) is 0 Å². The van der Waals surface area contributed by atoms with E-state index in [9.17, 15) is 13.2 Å². The molecule has 2 aromatic carbocycles. The molecule has 0 bridgehead atoms. The van der Waals surface area contributed by atoms with E-state index in [1.807, 2.05) is 44.2 Å². The first-order valence-corrected chi connectivity index (χ1v) is 16.0. The zero-order chi connectivity index (χ0) is 31.0. The van der Waals surface area contributed by atoms with Crippen LogP contribution < -0.4 is 5.32 Å². The van der Waals surface area contributed by atoms with Crippen molar-refractivity contribution in [1.82, 2.24) is 5.32 Å². The summed E-state index contributed by atoms with van der Waals surface area (Å²) in [7, 11) is -4.47. The van der Waals surface area contributed by atoms with Crippen molar-refractivity contribution in [3.05, 3.63) is 71.8 Å². The first-order chi connectivity index (χ1) is 20.2. The first-order valence-electron chi connectivity index (χ1n) is 14.5. The van der Waals surface area contributed by atoms with Gasteiger partial charge in [0.2, 0.25) is 0 Å². The van der Waals surface area contributed by atoms with Crippen molar-refractivity contribution in [1.29, 1.82) is 0 Å². The number of amides is 1. The second-order valence-corrected chi connectivity index (χ2v) is 14.0. The summed E-state index contributed by atoms with van der Waals surface area (Å²) >= 11 is 0. The number of alkyl carbamates (subject to hydrolysis) is 1. The Morgan fingerprint density at radius 3 is 2.19 bits per heavy atom. The molecule has 236 valence electrons. The molecular formula is C31H41NO10S. The van der Waals surface area contributed by atoms with Gasteiger partial charge in [0, 0.05) is 0 Å². The summed E-state index contributed by atoms with van der Waals surface area (Å²) in [6.07, 6.45) is -5.05. The van der Waals surface area contributed by atoms with Crippen LogP contribution in [0.25, 0.3) is 0 Å². The highest BCUT2D eigenvalue weighted by Gasteiger charge is 2.60. The molecule has 11 nitrogen and oxygen atoms in total. The zero-order valence-electron chi connectivity index (χ0n) is 25.3. The van der Waals surface area contributed by atoms with Gasteiger partial charge in [-0.05, 0) is 44.7 Å². The number of carbonyl (C=O) groups excluding carboxylic acids is 1. The van der Waals surface area contributed by atoms with Crippen LogP contribution in [0.4, 0.5) is 4.79 Å². The summed E-state index contributed by atoms with van der Waals surface area (Å²) in [6.45, 7) is 10.8. The number of fused-ring (bicyclic) bond motifs is 1. The normalized spacial score (nSPS) is 29.2. The van der Waals surface area contributed by atoms with Gasteiger partial charge < -0.3 is 33.7 Å². The third kappa shape index (κ3) is 7.39. The SMILES string of the molecule is CC(C)[C@@H](NC(=O)OCc1ccccc1)[C@H](c1ccccc1)S(=O)(=O)O[C@H]1[C@H]2OC(C)(C)O[C@H]2O[C@@H]1[C@H]1COC(C)(C)O1. The molecule has 3 aliphatic rings. The molecule has 3 aliphatic heterocycles. The summed E-state index contributed by atoms with van der Waals surface area (Å²) in [5.74, 6) is -2.22. The summed E-state index contributed by atoms with van der Waals surface area (Å²) in [5, 5.41) is 1.51. The second-order valence-electron chi connectivity index (χ2n) is 12.3. The third-order valence-corrected chi connectivity index (χ3v) is 9.33. The maximum absolute atomic E-state index is 14.4. The molecule has 3 fully saturated rings. The summed E-state index contributed by atoms with van der Waals surface area (Å²) in [6, 6.07) is 17.0. The Bertz CT molecular complexity index is 1350. The van der Waals surface area contributed by atoms with Crippen molar-refractivity contribution < 1.29 is 45.8 Å². The van der Waals surface area contributed by atoms with Gasteiger partial charge in [0.05, 0.1) is 12.6 Å². The van der Waals surface area contributed by atoms with Crippen molar-refractivity contribution in [2.24, 2.45) is 5.92 Å². The van der Waals surface area contributed by atoms with E-state index >= 15 is 0 Å². The van der Waals surface area contributed by atoms with Crippen LogP contribution in [0.1, 0.15) is 57.9 Å². The van der Waals surface area contributed by atoms with Gasteiger partial charge in [0.1, 0.15) is 36.3 Å². The van der Waals surface area contributed by atoms with Crippen LogP contribution in [0.2, 0.25) is 0 Å². The first kappa shape index (κ1) is 31.8. The van der Waals surface area contributed by atoms with E-state index in [2.05, 4.69) is 5.32 Å². The van der Waals surface area contributed by atoms with Crippen molar-refractivity contribution in [2.45, 2.75) is 102 Å². The molecule has 43 heavy (non-hydrogen) atoms. The van der Waals surface area contributed by atoms with Gasteiger partial charge >= 0.3 is 6.09 Å². The van der Waals surface area contributed by atoms with Crippen molar-refractivity contribution in [3.8, 4) is 0 Å². The molecule has 0 spiro atoms. The molecule has 0 aliphatic carbocycles. The van der Waals surface area contributed by atoms with Crippen LogP contribution in [-0.4, -0.2) is 69.4 Å². The summed E-state index contributed by atoms with van der Waals surface area (Å²) < 4.78 is 70.2. The molecule has 5 rings (SSSR count). The lowest BCUT2D eigenvalue weighted by molar-refractivity contribution is -0.230. The van der Waals surface area contributed by atoms with Gasteiger partial charge in [-0.3, -0.25) is 4.18 Å². The minimum Gasteiger partial charge on any atom is -0.445 e. The molecule has 3 saturated heterocycles. The zero-order valence-corrected chi connectivity index (χ0v) is 26.1. The average Bonchev–Trinajstić information content (AvgIpc) is 3.56. The van der Waals surface area contributed by atoms with Crippen molar-refractivity contribution >= 4 is 16.2 Å². The van der Waals surface area contributed by atoms with E-state index in [1.54, 1.807) is 58.0 Å². The lowest BCUT2D eigenvalue weighted by Gasteiger charge is -2.33. The highest BCUT2D eigenvalue weighted by atomic mass is 32.2. The van der Waals surface area contributed by atoms with Gasteiger partial charge in [-0.1, -0.05) is 74.5 Å². The van der Waals surface area contributed by atoms with Gasteiger partial charge in [-0.2, -0.15) is 8.42 Å². The average molecular weight is 620 g/mol. The van der Waals surface area contributed by atoms with Crippen LogP contribution in [0.5, 0.6) is 0 Å². The monoisotopic (exact) mass is 619 g/mol. The van der Waals surface area contributed by atoms with Gasteiger partial charge in [-0.25, -0.2) is 4.79 Å². The van der Waals surface area contributed by atoms with Crippen LogP contribution in [0, 0.1) is 5.92 Å². The highest BCUT2D eigenvalue weighted by Crippen LogP contribution is 2.44. The highest BCUT2D eigenvalue weighted by molar-refractivity contribution is 7.87. The molecule has 3 heterocycles. The Morgan fingerprint density at radius 1 is 0.930 bits per heavy atom. The number of rotatable bonds is 10. The predicted octanol–water partition coefficient (Wildman–Crippen LogP) is 4.42. The smallest absolute Gasteiger partial charge is 0.407 e. The molecule has 1 amide bonds. The fourth-order valence-electron chi connectivity index (χ4n) is 5.69. The van der Waals surface area contributed by atoms with E-state index in [0.717, 1.165) is 5.56 Å². The molecule has 2 aromatic rings. The molecule has 12 heteroatoms. The quantitative estimate of drug-likeness (QED) is 0.382. The largest absolute Gasteiger partial charge is 0.445 e. The van der Waals surface area contributed by atoms with E-state index < -0.39 is 69.8 Å². The molecule has 7 atom stereocenters. The Balaban J connectivity index is 1.43. The number of benzene rings is 2. The Morgan fingerprint density at radius 2 is 1.58 bits per heavy atom. The molecule has 0 unspecified atom stereocenters. The van der Waals surface area contributed by atoms with E-state index in [1.165, 1.54) is 0 Å². The van der Waals surface area contributed by atoms with E-state index in [4.69, 9.17) is 32.6 Å². The van der Waals surface area contributed by atoms with Crippen LogP contribution >= 0.6 is 0 Å². The standard InChI is InChI=1S/C31H41NO10S/c1-19(2)23(32-29(33)36-17-20-13-9-7-10-14-20)27(21-15-11-8-12-16-21)43(34,35)42-25-24(22-18-37-30(3,4)39-22)38-28-26(25)40-31(5,6)41-28/h7-16,19,22-28H,17-18H2,1-6H3,(H,32,33)/t22-,23-,24-,25-,26-,27+,28-/m1/s1. The topological polar surface area (TPSA) is 128 Å². The number of nitrogens with one attached hydrogen (secondary N) is 1. The van der Waals surface area contributed by atoms with Crippen LogP contribution in [0.15, 0.2) is 60.7 Å². The van der Waals surface area contributed by atoms with E-state index in [0.29, 0.717) is 5.56 Å². The number of ether oxygens (including phenoxy) is 6. The Kier molecular flexibility index (Phi) is 9.20. The van der Waals surface area contributed by atoms with Crippen molar-refractivity contribution in [3.63, 3.8) is 0 Å². The van der Waals surface area contributed by atoms with Crippen LogP contribution in [-0.2, 0) is 49.3 Å². The Labute approximate surface area is 253 Å². The minimum atomic E-state index is -4.47. The Hall–Kier alpha value is -2.58. The lowest BCUT2D eigenvalue weighted by Crippen LogP contribution is -2.49. The van der Waals surface area contributed by atoms with E-state index in [-0.39, 0.29) is 19.1 Å². The fourth-order valence-corrected chi connectivity index (χ4v) is 7.57. The van der Waals surface area contributed by atoms with Gasteiger partial charge in [0.25, 0.3) is 10.1 Å².